The molecule has 3 heteroatoms. The molecule has 0 bridgehead atoms. The first-order chi connectivity index (χ1) is 13.8. The molecule has 1 aliphatic heterocycles. The predicted molar refractivity (Wildman–Crippen MR) is 112 cm³/mol. The Morgan fingerprint density at radius 1 is 0.786 bits per heavy atom. The first-order valence-electron chi connectivity index (χ1n) is 10.00. The Labute approximate surface area is 167 Å². The fourth-order valence-electron chi connectivity index (χ4n) is 4.11. The summed E-state index contributed by atoms with van der Waals surface area (Å²) in [5, 5.41) is 10.1. The van der Waals surface area contributed by atoms with Gasteiger partial charge in [0.25, 0.3) is 0 Å². The van der Waals surface area contributed by atoms with Gasteiger partial charge in [0.15, 0.2) is 0 Å². The second-order valence-corrected chi connectivity index (χ2v) is 7.43. The van der Waals surface area contributed by atoms with E-state index in [1.165, 1.54) is 0 Å². The molecule has 0 amide bonds. The molecule has 1 N–H and O–H groups in total. The maximum atomic E-state index is 10.1. The van der Waals surface area contributed by atoms with Crippen LogP contribution in [-0.4, -0.2) is 35.9 Å². The zero-order valence-corrected chi connectivity index (χ0v) is 16.1. The number of β-amino-alcohol motifs (C(OH)–C–C–N with tert-alkyl or cyclic N) is 1. The van der Waals surface area contributed by atoms with Crippen molar-refractivity contribution < 1.29 is 9.84 Å². The van der Waals surface area contributed by atoms with E-state index < -0.39 is 5.60 Å². The molecule has 1 unspecified atom stereocenters. The zero-order valence-electron chi connectivity index (χ0n) is 16.1. The van der Waals surface area contributed by atoms with E-state index >= 15 is 0 Å². The molecule has 1 atom stereocenters. The highest BCUT2D eigenvalue weighted by molar-refractivity contribution is 5.47. The molecule has 3 aromatic carbocycles. The first-order valence-corrected chi connectivity index (χ1v) is 10.00. The van der Waals surface area contributed by atoms with Crippen LogP contribution in [0.15, 0.2) is 91.0 Å². The maximum Gasteiger partial charge on any atom is 0.145 e. The second kappa shape index (κ2) is 8.70. The van der Waals surface area contributed by atoms with Gasteiger partial charge in [-0.25, -0.2) is 0 Å². The molecule has 0 saturated carbocycles. The third-order valence-corrected chi connectivity index (χ3v) is 5.49. The van der Waals surface area contributed by atoms with Crippen molar-refractivity contribution in [1.29, 1.82) is 0 Å². The molecule has 0 aromatic heterocycles. The third kappa shape index (κ3) is 3.88. The summed E-state index contributed by atoms with van der Waals surface area (Å²) >= 11 is 0. The van der Waals surface area contributed by atoms with Gasteiger partial charge in [0, 0.05) is 13.1 Å². The fraction of sp³-hybridized carbons (Fsp3) is 0.280. The van der Waals surface area contributed by atoms with Crippen LogP contribution in [0.5, 0.6) is 0 Å². The number of nitrogens with zero attached hydrogens (tertiary/aromatic N) is 1. The van der Waals surface area contributed by atoms with Gasteiger partial charge in [-0.05, 0) is 29.5 Å². The topological polar surface area (TPSA) is 32.7 Å². The molecule has 0 spiro atoms. The second-order valence-electron chi connectivity index (χ2n) is 7.43. The van der Waals surface area contributed by atoms with Crippen LogP contribution in [0.3, 0.4) is 0 Å². The largest absolute Gasteiger partial charge is 0.392 e. The highest BCUT2D eigenvalue weighted by Gasteiger charge is 2.38. The Balaban J connectivity index is 1.79. The van der Waals surface area contributed by atoms with Gasteiger partial charge in [0.05, 0.1) is 6.10 Å². The molecule has 4 rings (SSSR count). The van der Waals surface area contributed by atoms with Gasteiger partial charge in [-0.3, -0.25) is 4.90 Å². The Hall–Kier alpha value is -2.46. The average Bonchev–Trinajstić information content (AvgIpc) is 2.77. The number of hydrogen-bond donors (Lipinski definition) is 1. The predicted octanol–water partition coefficient (Wildman–Crippen LogP) is 4.41. The van der Waals surface area contributed by atoms with Crippen LogP contribution < -0.4 is 0 Å². The molecule has 3 aromatic rings. The standard InChI is InChI=1S/C25H27NO2/c27-24-17-10-18-26(19-24)20-28-25(21-11-4-1-5-12-21,22-13-6-2-7-14-22)23-15-8-3-9-16-23/h1-9,11-16,24,27H,10,17-20H2. The summed E-state index contributed by atoms with van der Waals surface area (Å²) in [6, 6.07) is 31.2. The van der Waals surface area contributed by atoms with Gasteiger partial charge < -0.3 is 9.84 Å². The minimum absolute atomic E-state index is 0.267. The number of rotatable bonds is 6. The Morgan fingerprint density at radius 3 is 1.68 bits per heavy atom. The number of hydrogen-bond acceptors (Lipinski definition) is 3. The molecule has 0 radical (unpaired) electrons. The summed E-state index contributed by atoms with van der Waals surface area (Å²) in [5.41, 5.74) is 2.60. The lowest BCUT2D eigenvalue weighted by atomic mass is 9.80. The average molecular weight is 373 g/mol. The van der Waals surface area contributed by atoms with E-state index in [2.05, 4.69) is 77.7 Å². The maximum absolute atomic E-state index is 10.1. The summed E-state index contributed by atoms with van der Waals surface area (Å²) < 4.78 is 6.79. The smallest absolute Gasteiger partial charge is 0.145 e. The summed E-state index contributed by atoms with van der Waals surface area (Å²) in [6.45, 7) is 2.08. The molecule has 1 saturated heterocycles. The summed E-state index contributed by atoms with van der Waals surface area (Å²) in [6.07, 6.45) is 1.61. The highest BCUT2D eigenvalue weighted by Crippen LogP contribution is 2.40. The first kappa shape index (κ1) is 18.9. The normalized spacial score (nSPS) is 18.1. The Kier molecular flexibility index (Phi) is 5.87. The lowest BCUT2D eigenvalue weighted by molar-refractivity contribution is -0.0733. The van der Waals surface area contributed by atoms with Gasteiger partial charge in [-0.1, -0.05) is 91.0 Å². The van der Waals surface area contributed by atoms with E-state index in [1.807, 2.05) is 18.2 Å². The van der Waals surface area contributed by atoms with Gasteiger partial charge in [-0.15, -0.1) is 0 Å². The van der Waals surface area contributed by atoms with Crippen LogP contribution in [0.2, 0.25) is 0 Å². The number of ether oxygens (including phenoxy) is 1. The van der Waals surface area contributed by atoms with Crippen LogP contribution in [0.1, 0.15) is 29.5 Å². The summed E-state index contributed by atoms with van der Waals surface area (Å²) in [7, 11) is 0. The van der Waals surface area contributed by atoms with E-state index in [4.69, 9.17) is 4.74 Å². The van der Waals surface area contributed by atoms with Crippen molar-refractivity contribution in [2.45, 2.75) is 24.5 Å². The lowest BCUT2D eigenvalue weighted by Gasteiger charge is -2.39. The number of aliphatic hydroxyl groups is 1. The lowest BCUT2D eigenvalue weighted by Crippen LogP contribution is -2.43. The van der Waals surface area contributed by atoms with Gasteiger partial charge in [-0.2, -0.15) is 0 Å². The van der Waals surface area contributed by atoms with E-state index in [0.29, 0.717) is 13.3 Å². The van der Waals surface area contributed by atoms with Gasteiger partial charge in [0.2, 0.25) is 0 Å². The van der Waals surface area contributed by atoms with Crippen molar-refractivity contribution in [3.8, 4) is 0 Å². The van der Waals surface area contributed by atoms with E-state index in [0.717, 1.165) is 36.1 Å². The van der Waals surface area contributed by atoms with E-state index in [1.54, 1.807) is 0 Å². The summed E-state index contributed by atoms with van der Waals surface area (Å²) in [5.74, 6) is 0. The minimum atomic E-state index is -0.702. The Bertz CT molecular complexity index is 755. The van der Waals surface area contributed by atoms with Crippen molar-refractivity contribution in [3.63, 3.8) is 0 Å². The molecule has 1 aliphatic rings. The van der Waals surface area contributed by atoms with Crippen LogP contribution >= 0.6 is 0 Å². The molecule has 144 valence electrons. The van der Waals surface area contributed by atoms with Crippen molar-refractivity contribution in [3.05, 3.63) is 108 Å². The van der Waals surface area contributed by atoms with Crippen molar-refractivity contribution >= 4 is 0 Å². The zero-order chi connectivity index (χ0) is 19.2. The number of likely N-dealkylation sites (tertiary alicyclic amines) is 1. The molecular formula is C25H27NO2. The van der Waals surface area contributed by atoms with E-state index in [-0.39, 0.29) is 6.10 Å². The van der Waals surface area contributed by atoms with E-state index in [9.17, 15) is 5.11 Å². The minimum Gasteiger partial charge on any atom is -0.392 e. The monoisotopic (exact) mass is 373 g/mol. The van der Waals surface area contributed by atoms with Crippen molar-refractivity contribution in [1.82, 2.24) is 4.90 Å². The summed E-state index contributed by atoms with van der Waals surface area (Å²) in [4.78, 5) is 2.21. The van der Waals surface area contributed by atoms with Gasteiger partial charge in [0.1, 0.15) is 12.3 Å². The Morgan fingerprint density at radius 2 is 1.25 bits per heavy atom. The fourth-order valence-corrected chi connectivity index (χ4v) is 4.11. The van der Waals surface area contributed by atoms with Crippen LogP contribution in [0.4, 0.5) is 0 Å². The highest BCUT2D eigenvalue weighted by atomic mass is 16.5. The number of piperidine rings is 1. The number of benzene rings is 3. The molecule has 1 fully saturated rings. The third-order valence-electron chi connectivity index (χ3n) is 5.49. The quantitative estimate of drug-likeness (QED) is 0.650. The number of aliphatic hydroxyl groups excluding tert-OH is 1. The van der Waals surface area contributed by atoms with Crippen LogP contribution in [0, 0.1) is 0 Å². The van der Waals surface area contributed by atoms with Crippen molar-refractivity contribution in [2.24, 2.45) is 0 Å². The molecule has 0 aliphatic carbocycles. The molecule has 28 heavy (non-hydrogen) atoms. The molecule has 1 heterocycles. The molecule has 3 nitrogen and oxygen atoms in total. The van der Waals surface area contributed by atoms with Crippen LogP contribution in [-0.2, 0) is 10.3 Å². The molecular weight excluding hydrogens is 346 g/mol. The van der Waals surface area contributed by atoms with Crippen LogP contribution in [0.25, 0.3) is 0 Å². The van der Waals surface area contributed by atoms with Gasteiger partial charge >= 0.3 is 0 Å². The SMILES string of the molecule is OC1CCCN(COC(c2ccccc2)(c2ccccc2)c2ccccc2)C1. The van der Waals surface area contributed by atoms with Crippen molar-refractivity contribution in [2.75, 3.05) is 19.8 Å².